The van der Waals surface area contributed by atoms with Gasteiger partial charge in [0.15, 0.2) is 6.10 Å². The van der Waals surface area contributed by atoms with Gasteiger partial charge in [-0.25, -0.2) is 0 Å². The Labute approximate surface area is 124 Å². The summed E-state index contributed by atoms with van der Waals surface area (Å²) in [6, 6.07) is 6.86. The molecule has 21 heavy (non-hydrogen) atoms. The molecule has 1 aromatic rings. The molecule has 0 heterocycles. The van der Waals surface area contributed by atoms with E-state index in [0.717, 1.165) is 0 Å². The quantitative estimate of drug-likeness (QED) is 0.801. The third-order valence-electron chi connectivity index (χ3n) is 2.80. The van der Waals surface area contributed by atoms with Crippen molar-refractivity contribution in [1.29, 1.82) is 0 Å². The fourth-order valence-corrected chi connectivity index (χ4v) is 1.77. The summed E-state index contributed by atoms with van der Waals surface area (Å²) in [7, 11) is 1.57. The van der Waals surface area contributed by atoms with Crippen LogP contribution in [-0.4, -0.2) is 35.7 Å². The van der Waals surface area contributed by atoms with Crippen molar-refractivity contribution in [3.63, 3.8) is 0 Å². The fourth-order valence-electron chi connectivity index (χ4n) is 1.77. The summed E-state index contributed by atoms with van der Waals surface area (Å²) in [4.78, 5) is 22.7. The number of carboxylic acids is 1. The van der Waals surface area contributed by atoms with Crippen LogP contribution in [0.3, 0.4) is 0 Å². The second-order valence-corrected chi connectivity index (χ2v) is 5.38. The van der Waals surface area contributed by atoms with Gasteiger partial charge in [0.05, 0.1) is 13.5 Å². The van der Waals surface area contributed by atoms with Crippen LogP contribution in [0.2, 0.25) is 0 Å². The lowest BCUT2D eigenvalue weighted by Crippen LogP contribution is -2.49. The summed E-state index contributed by atoms with van der Waals surface area (Å²) < 4.78 is 10.5. The second kappa shape index (κ2) is 6.97. The zero-order valence-electron chi connectivity index (χ0n) is 12.7. The summed E-state index contributed by atoms with van der Waals surface area (Å²) in [5.41, 5.74) is -0.833. The Balaban J connectivity index is 2.59. The van der Waals surface area contributed by atoms with Gasteiger partial charge in [0.2, 0.25) is 0 Å². The highest BCUT2D eigenvalue weighted by atomic mass is 16.5. The number of carbonyl (C=O) groups is 2. The van der Waals surface area contributed by atoms with Crippen LogP contribution >= 0.6 is 0 Å². The van der Waals surface area contributed by atoms with Crippen LogP contribution < -0.4 is 14.8 Å². The summed E-state index contributed by atoms with van der Waals surface area (Å²) in [5.74, 6) is -0.0994. The fraction of sp³-hybridized carbons (Fsp3) is 0.467. The molecule has 0 aliphatic carbocycles. The largest absolute Gasteiger partial charge is 0.497 e. The number of hydrogen-bond donors (Lipinski definition) is 2. The van der Waals surface area contributed by atoms with Crippen LogP contribution in [0.5, 0.6) is 11.5 Å². The van der Waals surface area contributed by atoms with Gasteiger partial charge >= 0.3 is 5.97 Å². The van der Waals surface area contributed by atoms with E-state index < -0.39 is 17.6 Å². The highest BCUT2D eigenvalue weighted by Crippen LogP contribution is 2.18. The number of benzene rings is 1. The molecule has 1 amide bonds. The lowest BCUT2D eigenvalue weighted by molar-refractivity contribution is -0.139. The summed E-state index contributed by atoms with van der Waals surface area (Å²) in [6.07, 6.45) is -0.889. The number of aliphatic carboxylic acids is 1. The van der Waals surface area contributed by atoms with Crippen LogP contribution in [0.4, 0.5) is 0 Å². The Hall–Kier alpha value is -2.24. The van der Waals surface area contributed by atoms with Crippen molar-refractivity contribution in [3.05, 3.63) is 24.3 Å². The monoisotopic (exact) mass is 295 g/mol. The van der Waals surface area contributed by atoms with Crippen molar-refractivity contribution >= 4 is 11.9 Å². The van der Waals surface area contributed by atoms with Crippen molar-refractivity contribution < 1.29 is 24.2 Å². The molecule has 6 nitrogen and oxygen atoms in total. The lowest BCUT2D eigenvalue weighted by Gasteiger charge is -2.26. The lowest BCUT2D eigenvalue weighted by atomic mass is 10.0. The third-order valence-corrected chi connectivity index (χ3v) is 2.80. The molecule has 1 atom stereocenters. The molecule has 1 unspecified atom stereocenters. The van der Waals surface area contributed by atoms with Gasteiger partial charge in [0.25, 0.3) is 5.91 Å². The molecule has 0 radical (unpaired) electrons. The number of hydrogen-bond acceptors (Lipinski definition) is 4. The van der Waals surface area contributed by atoms with Crippen molar-refractivity contribution in [2.45, 2.75) is 38.8 Å². The normalized spacial score (nSPS) is 12.4. The zero-order valence-corrected chi connectivity index (χ0v) is 12.7. The van der Waals surface area contributed by atoms with Crippen molar-refractivity contribution in [3.8, 4) is 11.5 Å². The first-order valence-corrected chi connectivity index (χ1v) is 6.58. The van der Waals surface area contributed by atoms with E-state index in [1.807, 2.05) is 0 Å². The van der Waals surface area contributed by atoms with Crippen LogP contribution in [0.15, 0.2) is 24.3 Å². The Morgan fingerprint density at radius 2 is 1.76 bits per heavy atom. The van der Waals surface area contributed by atoms with Gasteiger partial charge in [-0.1, -0.05) is 0 Å². The SMILES string of the molecule is COc1ccc(OC(C)C(=O)NC(C)(C)CC(=O)O)cc1. The van der Waals surface area contributed by atoms with E-state index in [0.29, 0.717) is 11.5 Å². The predicted molar refractivity (Wildman–Crippen MR) is 77.6 cm³/mol. The number of amides is 1. The Morgan fingerprint density at radius 1 is 1.24 bits per heavy atom. The molecule has 1 rings (SSSR count). The van der Waals surface area contributed by atoms with Gasteiger partial charge in [-0.15, -0.1) is 0 Å². The molecule has 0 bridgehead atoms. The highest BCUT2D eigenvalue weighted by molar-refractivity contribution is 5.82. The van der Waals surface area contributed by atoms with E-state index in [9.17, 15) is 9.59 Å². The topological polar surface area (TPSA) is 84.9 Å². The number of nitrogens with one attached hydrogen (secondary N) is 1. The number of rotatable bonds is 7. The minimum atomic E-state index is -0.968. The maximum atomic E-state index is 12.0. The number of carboxylic acid groups (broad SMARTS) is 1. The summed E-state index contributed by atoms with van der Waals surface area (Å²) in [5, 5.41) is 11.5. The first-order valence-electron chi connectivity index (χ1n) is 6.58. The maximum Gasteiger partial charge on any atom is 0.305 e. The molecule has 0 aromatic heterocycles. The third kappa shape index (κ3) is 5.72. The van der Waals surface area contributed by atoms with Crippen LogP contribution in [0.25, 0.3) is 0 Å². The average Bonchev–Trinajstić information content (AvgIpc) is 2.37. The van der Waals surface area contributed by atoms with E-state index in [4.69, 9.17) is 14.6 Å². The molecule has 0 aliphatic heterocycles. The van der Waals surface area contributed by atoms with Crippen molar-refractivity contribution in [2.24, 2.45) is 0 Å². The van der Waals surface area contributed by atoms with Gasteiger partial charge in [-0.05, 0) is 45.0 Å². The molecule has 2 N–H and O–H groups in total. The Kier molecular flexibility index (Phi) is 5.58. The van der Waals surface area contributed by atoms with Gasteiger partial charge in [0.1, 0.15) is 11.5 Å². The van der Waals surface area contributed by atoms with Crippen molar-refractivity contribution in [1.82, 2.24) is 5.32 Å². The molecular formula is C15H21NO5. The van der Waals surface area contributed by atoms with Gasteiger partial charge in [-0.3, -0.25) is 9.59 Å². The second-order valence-electron chi connectivity index (χ2n) is 5.38. The zero-order chi connectivity index (χ0) is 16.0. The van der Waals surface area contributed by atoms with Crippen molar-refractivity contribution in [2.75, 3.05) is 7.11 Å². The van der Waals surface area contributed by atoms with Crippen LogP contribution in [-0.2, 0) is 9.59 Å². The molecule has 0 saturated carbocycles. The molecule has 0 aliphatic rings. The van der Waals surface area contributed by atoms with E-state index in [-0.39, 0.29) is 12.3 Å². The highest BCUT2D eigenvalue weighted by Gasteiger charge is 2.26. The first-order chi connectivity index (χ1) is 9.73. The van der Waals surface area contributed by atoms with E-state index in [1.54, 1.807) is 52.1 Å². The van der Waals surface area contributed by atoms with E-state index in [1.165, 1.54) is 0 Å². The Bertz CT molecular complexity index is 495. The minimum absolute atomic E-state index is 0.159. The van der Waals surface area contributed by atoms with Gasteiger partial charge in [0, 0.05) is 5.54 Å². The maximum absolute atomic E-state index is 12.0. The molecule has 0 saturated heterocycles. The molecule has 0 spiro atoms. The van der Waals surface area contributed by atoms with Crippen LogP contribution in [0.1, 0.15) is 27.2 Å². The average molecular weight is 295 g/mol. The smallest absolute Gasteiger partial charge is 0.305 e. The molecular weight excluding hydrogens is 274 g/mol. The molecule has 6 heteroatoms. The minimum Gasteiger partial charge on any atom is -0.497 e. The molecule has 1 aromatic carbocycles. The number of methoxy groups -OCH3 is 1. The van der Waals surface area contributed by atoms with E-state index >= 15 is 0 Å². The predicted octanol–water partition coefficient (Wildman–Crippen LogP) is 1.83. The summed E-state index contributed by atoms with van der Waals surface area (Å²) in [6.45, 7) is 4.91. The molecule has 0 fully saturated rings. The summed E-state index contributed by atoms with van der Waals surface area (Å²) >= 11 is 0. The van der Waals surface area contributed by atoms with Gasteiger partial charge in [-0.2, -0.15) is 0 Å². The number of ether oxygens (including phenoxy) is 2. The van der Waals surface area contributed by atoms with Crippen LogP contribution in [0, 0.1) is 0 Å². The van der Waals surface area contributed by atoms with E-state index in [2.05, 4.69) is 5.32 Å². The molecule has 116 valence electrons. The Morgan fingerprint density at radius 3 is 2.24 bits per heavy atom. The standard InChI is InChI=1S/C15H21NO5/c1-10(14(19)16-15(2,3)9-13(17)18)21-12-7-5-11(20-4)6-8-12/h5-8,10H,9H2,1-4H3,(H,16,19)(H,17,18). The first kappa shape index (κ1) is 16.8. The van der Waals surface area contributed by atoms with Gasteiger partial charge < -0.3 is 19.9 Å². The number of carbonyl (C=O) groups excluding carboxylic acids is 1.